The summed E-state index contributed by atoms with van der Waals surface area (Å²) < 4.78 is 0.765. The lowest BCUT2D eigenvalue weighted by atomic mass is 9.82. The quantitative estimate of drug-likeness (QED) is 0.894. The number of H-pyrrole nitrogens is 1. The van der Waals surface area contributed by atoms with E-state index in [0.717, 1.165) is 11.0 Å². The van der Waals surface area contributed by atoms with Crippen LogP contribution >= 0.6 is 23.5 Å². The average molecular weight is 297 g/mol. The number of hydrogen-bond donors (Lipinski definition) is 2. The van der Waals surface area contributed by atoms with Crippen LogP contribution in [0.3, 0.4) is 0 Å². The molecule has 0 amide bonds. The third-order valence-corrected chi connectivity index (χ3v) is 7.55. The van der Waals surface area contributed by atoms with Gasteiger partial charge in [0.25, 0.3) is 0 Å². The fraction of sp³-hybridized carbons (Fsp3) is 0.733. The third kappa shape index (κ3) is 3.17. The lowest BCUT2D eigenvalue weighted by Gasteiger charge is -2.27. The summed E-state index contributed by atoms with van der Waals surface area (Å²) in [7, 11) is 0. The second kappa shape index (κ2) is 5.74. The summed E-state index contributed by atoms with van der Waals surface area (Å²) in [5.74, 6) is 2.69. The van der Waals surface area contributed by atoms with Crippen LogP contribution in [0, 0.1) is 5.41 Å². The van der Waals surface area contributed by atoms with Crippen molar-refractivity contribution in [3.63, 3.8) is 0 Å². The second-order valence-electron chi connectivity index (χ2n) is 6.38. The predicted molar refractivity (Wildman–Crippen MR) is 86.9 cm³/mol. The van der Waals surface area contributed by atoms with Crippen molar-refractivity contribution >= 4 is 23.5 Å². The molecule has 1 aromatic heterocycles. The van der Waals surface area contributed by atoms with Gasteiger partial charge in [-0.15, -0.1) is 23.5 Å². The maximum absolute atomic E-state index is 3.93. The molecule has 2 N–H and O–H groups in total. The Bertz CT molecular complexity index is 396. The summed E-state index contributed by atoms with van der Waals surface area (Å²) in [6.45, 7) is 4.84. The van der Waals surface area contributed by atoms with Gasteiger partial charge in [-0.3, -0.25) is 0 Å². The minimum atomic E-state index is 0.397. The highest BCUT2D eigenvalue weighted by atomic mass is 32.2. The summed E-state index contributed by atoms with van der Waals surface area (Å²) in [4.78, 5) is 3.35. The topological polar surface area (TPSA) is 27.8 Å². The molecule has 0 saturated carbocycles. The standard InChI is InChI=1S/C15H24N2S2/c1-15(2)10-12(14-18-7-4-8-19-14)17-13(15)9-11-5-3-6-16-11/h3,5-6,12-14,16-17H,4,7-10H2,1-2H3. The van der Waals surface area contributed by atoms with Gasteiger partial charge >= 0.3 is 0 Å². The van der Waals surface area contributed by atoms with Gasteiger partial charge in [0.05, 0.1) is 4.58 Å². The zero-order valence-corrected chi connectivity index (χ0v) is 13.4. The van der Waals surface area contributed by atoms with Gasteiger partial charge in [0.1, 0.15) is 0 Å². The Morgan fingerprint density at radius 3 is 2.79 bits per heavy atom. The van der Waals surface area contributed by atoms with Crippen LogP contribution in [0.25, 0.3) is 0 Å². The van der Waals surface area contributed by atoms with E-state index in [2.05, 4.69) is 59.8 Å². The Morgan fingerprint density at radius 1 is 1.32 bits per heavy atom. The van der Waals surface area contributed by atoms with E-state index in [1.807, 2.05) is 6.20 Å². The number of thioether (sulfide) groups is 2. The first kappa shape index (κ1) is 13.9. The number of nitrogens with one attached hydrogen (secondary N) is 2. The van der Waals surface area contributed by atoms with Gasteiger partial charge < -0.3 is 10.3 Å². The van der Waals surface area contributed by atoms with E-state index in [9.17, 15) is 0 Å². The molecule has 2 nitrogen and oxygen atoms in total. The van der Waals surface area contributed by atoms with Crippen LogP contribution in [-0.4, -0.2) is 33.2 Å². The summed E-state index contributed by atoms with van der Waals surface area (Å²) >= 11 is 4.33. The van der Waals surface area contributed by atoms with Gasteiger partial charge in [-0.25, -0.2) is 0 Å². The van der Waals surface area contributed by atoms with E-state index in [-0.39, 0.29) is 0 Å². The molecule has 0 spiro atoms. The molecule has 2 aliphatic rings. The van der Waals surface area contributed by atoms with Crippen LogP contribution in [0.5, 0.6) is 0 Å². The summed E-state index contributed by atoms with van der Waals surface area (Å²) in [6.07, 6.45) is 5.84. The fourth-order valence-electron chi connectivity index (χ4n) is 3.21. The molecule has 0 aliphatic carbocycles. The van der Waals surface area contributed by atoms with Gasteiger partial charge in [0.15, 0.2) is 0 Å². The smallest absolute Gasteiger partial charge is 0.0655 e. The van der Waals surface area contributed by atoms with Crippen LogP contribution in [0.1, 0.15) is 32.4 Å². The van der Waals surface area contributed by atoms with E-state index in [1.54, 1.807) is 0 Å². The summed E-state index contributed by atoms with van der Waals surface area (Å²) in [6, 6.07) is 5.58. The van der Waals surface area contributed by atoms with Crippen molar-refractivity contribution in [3.8, 4) is 0 Å². The fourth-order valence-corrected chi connectivity index (χ4v) is 6.26. The van der Waals surface area contributed by atoms with E-state index in [4.69, 9.17) is 0 Å². The first-order valence-electron chi connectivity index (χ1n) is 7.27. The van der Waals surface area contributed by atoms with E-state index in [0.29, 0.717) is 17.5 Å². The highest BCUT2D eigenvalue weighted by Gasteiger charge is 2.43. The molecule has 3 heterocycles. The van der Waals surface area contributed by atoms with Crippen molar-refractivity contribution in [1.82, 2.24) is 10.3 Å². The highest BCUT2D eigenvalue weighted by Crippen LogP contribution is 2.43. The molecular formula is C15H24N2S2. The van der Waals surface area contributed by atoms with Gasteiger partial charge in [0, 0.05) is 30.4 Å². The molecule has 3 rings (SSSR count). The van der Waals surface area contributed by atoms with Crippen LogP contribution in [0.15, 0.2) is 18.3 Å². The van der Waals surface area contributed by atoms with Crippen molar-refractivity contribution in [3.05, 3.63) is 24.0 Å². The zero-order valence-electron chi connectivity index (χ0n) is 11.8. The van der Waals surface area contributed by atoms with Crippen molar-refractivity contribution in [2.24, 2.45) is 5.41 Å². The first-order valence-corrected chi connectivity index (χ1v) is 9.36. The Hall–Kier alpha value is -0.0600. The number of aromatic amines is 1. The van der Waals surface area contributed by atoms with E-state index < -0.39 is 0 Å². The van der Waals surface area contributed by atoms with Crippen molar-refractivity contribution in [2.75, 3.05) is 11.5 Å². The largest absolute Gasteiger partial charge is 0.365 e. The molecule has 2 unspecified atom stereocenters. The Balaban J connectivity index is 1.65. The van der Waals surface area contributed by atoms with Crippen LogP contribution in [-0.2, 0) is 6.42 Å². The molecule has 106 valence electrons. The van der Waals surface area contributed by atoms with E-state index in [1.165, 1.54) is 30.0 Å². The molecular weight excluding hydrogens is 272 g/mol. The van der Waals surface area contributed by atoms with Crippen LogP contribution < -0.4 is 5.32 Å². The molecule has 2 atom stereocenters. The van der Waals surface area contributed by atoms with Crippen molar-refractivity contribution in [2.45, 2.75) is 49.8 Å². The monoisotopic (exact) mass is 296 g/mol. The molecule has 4 heteroatoms. The maximum Gasteiger partial charge on any atom is 0.0655 e. The minimum absolute atomic E-state index is 0.397. The molecule has 2 fully saturated rings. The molecule has 19 heavy (non-hydrogen) atoms. The van der Waals surface area contributed by atoms with Crippen LogP contribution in [0.2, 0.25) is 0 Å². The lowest BCUT2D eigenvalue weighted by molar-refractivity contribution is 0.310. The van der Waals surface area contributed by atoms with Gasteiger partial charge in [0.2, 0.25) is 0 Å². The summed E-state index contributed by atoms with van der Waals surface area (Å²) in [5.41, 5.74) is 1.75. The van der Waals surface area contributed by atoms with Crippen molar-refractivity contribution < 1.29 is 0 Å². The van der Waals surface area contributed by atoms with E-state index >= 15 is 0 Å². The zero-order chi connectivity index (χ0) is 13.3. The molecule has 0 radical (unpaired) electrons. The van der Waals surface area contributed by atoms with Gasteiger partial charge in [-0.05, 0) is 41.9 Å². The molecule has 2 saturated heterocycles. The molecule has 2 aliphatic heterocycles. The second-order valence-corrected chi connectivity index (χ2v) is 9.18. The Labute approximate surface area is 124 Å². The Morgan fingerprint density at radius 2 is 2.11 bits per heavy atom. The number of hydrogen-bond acceptors (Lipinski definition) is 3. The molecule has 0 bridgehead atoms. The first-order chi connectivity index (χ1) is 9.15. The summed E-state index contributed by atoms with van der Waals surface area (Å²) in [5, 5.41) is 3.93. The SMILES string of the molecule is CC1(C)CC(C2SCCCS2)NC1Cc1ccc[nH]1. The Kier molecular flexibility index (Phi) is 4.20. The highest BCUT2D eigenvalue weighted by molar-refractivity contribution is 8.17. The minimum Gasteiger partial charge on any atom is -0.365 e. The maximum atomic E-state index is 3.93. The van der Waals surface area contributed by atoms with Gasteiger partial charge in [-0.2, -0.15) is 0 Å². The lowest BCUT2D eigenvalue weighted by Crippen LogP contribution is -2.39. The number of rotatable bonds is 3. The molecule has 1 aromatic rings. The van der Waals surface area contributed by atoms with Crippen molar-refractivity contribution in [1.29, 1.82) is 0 Å². The molecule has 0 aromatic carbocycles. The average Bonchev–Trinajstić information content (AvgIpc) is 3.00. The third-order valence-electron chi connectivity index (χ3n) is 4.37. The number of aromatic nitrogens is 1. The predicted octanol–water partition coefficient (Wildman–Crippen LogP) is 3.51. The van der Waals surface area contributed by atoms with Gasteiger partial charge in [-0.1, -0.05) is 13.8 Å². The van der Waals surface area contributed by atoms with Crippen LogP contribution in [0.4, 0.5) is 0 Å². The normalized spacial score (nSPS) is 31.7.